The molecule has 8 aliphatic heterocycles. The molecule has 8 aliphatic rings. The van der Waals surface area contributed by atoms with Crippen LogP contribution in [-0.2, 0) is 37.9 Å². The molecule has 2 aromatic carbocycles. The number of aromatic nitrogens is 1. The number of nitrogens with zero attached hydrogens (tertiary/aromatic N) is 4. The summed E-state index contributed by atoms with van der Waals surface area (Å²) in [6.45, 7) is 7.20. The lowest BCUT2D eigenvalue weighted by atomic mass is 9.51. The molecule has 6 saturated heterocycles. The Morgan fingerprint density at radius 3 is 2.67 bits per heavy atom. The highest BCUT2D eigenvalue weighted by Crippen LogP contribution is 2.72. The molecule has 0 N–H and O–H groups in total. The predicted octanol–water partition coefficient (Wildman–Crippen LogP) is 2.69. The zero-order valence-electron chi connectivity index (χ0n) is 30.8. The zero-order valence-corrected chi connectivity index (χ0v) is 31.5. The van der Waals surface area contributed by atoms with Crippen LogP contribution in [0.2, 0.25) is 0 Å². The first-order valence-electron chi connectivity index (χ1n) is 19.2. The van der Waals surface area contributed by atoms with Crippen molar-refractivity contribution in [1.29, 1.82) is 0 Å². The predicted molar refractivity (Wildman–Crippen MR) is 191 cm³/mol. The van der Waals surface area contributed by atoms with E-state index >= 15 is 0 Å². The monoisotopic (exact) mass is 710 g/mol. The maximum absolute atomic E-state index is 14.1. The van der Waals surface area contributed by atoms with Gasteiger partial charge in [0.1, 0.15) is 18.6 Å². The van der Waals surface area contributed by atoms with Crippen LogP contribution < -0.4 is 17.3 Å². The van der Waals surface area contributed by atoms with E-state index in [1.807, 2.05) is 0 Å². The summed E-state index contributed by atoms with van der Waals surface area (Å²) in [6, 6.07) is 18.6. The fraction of sp³-hybridized carbons (Fsp3) is 0.595. The number of ether oxygens (including phenoxy) is 3. The summed E-state index contributed by atoms with van der Waals surface area (Å²) in [4.78, 5) is 19.3. The number of hydrogen-bond acceptors (Lipinski definition) is 6. The molecule has 12 atom stereocenters. The van der Waals surface area contributed by atoms with E-state index in [0.29, 0.717) is 30.5 Å². The van der Waals surface area contributed by atoms with Crippen LogP contribution in [-0.4, -0.2) is 90.5 Å². The molecule has 1 spiro atoms. The fourth-order valence-electron chi connectivity index (χ4n) is 14.1. The minimum absolute atomic E-state index is 0. The number of fused-ring (bicyclic) bond motifs is 13. The van der Waals surface area contributed by atoms with Gasteiger partial charge in [0, 0.05) is 66.0 Å². The molecular formula is C42H51ClN4O4. The number of para-hydroxylation sites is 2. The maximum Gasteiger partial charge on any atom is 0.329 e. The van der Waals surface area contributed by atoms with Crippen LogP contribution in [0.4, 0.5) is 5.69 Å². The third-order valence-corrected chi connectivity index (χ3v) is 16.2. The quantitative estimate of drug-likeness (QED) is 0.220. The first kappa shape index (κ1) is 32.7. The number of carbonyl (C=O) groups is 1. The van der Waals surface area contributed by atoms with Crippen LogP contribution in [0.5, 0.6) is 0 Å². The lowest BCUT2D eigenvalue weighted by Gasteiger charge is -2.73. The number of benzene rings is 2. The summed E-state index contributed by atoms with van der Waals surface area (Å²) in [7, 11) is 8.66. The van der Waals surface area contributed by atoms with Crippen LogP contribution in [0.25, 0.3) is 10.9 Å². The minimum Gasteiger partial charge on any atom is -1.00 e. The number of esters is 1. The molecule has 0 aliphatic carbocycles. The van der Waals surface area contributed by atoms with Gasteiger partial charge in [0.05, 0.1) is 38.8 Å². The molecule has 0 radical (unpaired) electrons. The number of aryl methyl sites for hydroxylation is 1. The summed E-state index contributed by atoms with van der Waals surface area (Å²) in [5.41, 5.74) is 7.40. The van der Waals surface area contributed by atoms with Gasteiger partial charge in [-0.05, 0) is 74.9 Å². The van der Waals surface area contributed by atoms with Crippen molar-refractivity contribution >= 4 is 22.6 Å². The van der Waals surface area contributed by atoms with Crippen molar-refractivity contribution in [3.8, 4) is 0 Å². The van der Waals surface area contributed by atoms with Crippen LogP contribution >= 0.6 is 0 Å². The highest BCUT2D eigenvalue weighted by atomic mass is 35.5. The number of allylic oxidation sites excluding steroid dienone is 1. The average molecular weight is 711 g/mol. The number of quaternary nitrogens is 1. The molecule has 4 bridgehead atoms. The lowest BCUT2D eigenvalue weighted by Crippen LogP contribution is -3.00. The normalized spacial score (nSPS) is 44.8. The first-order valence-corrected chi connectivity index (χ1v) is 19.2. The second-order valence-electron chi connectivity index (χ2n) is 17.7. The molecule has 3 aromatic rings. The number of methoxy groups -OCH3 is 1. The van der Waals surface area contributed by atoms with Gasteiger partial charge in [-0.25, -0.2) is 4.79 Å². The largest absolute Gasteiger partial charge is 1.00 e. The Morgan fingerprint density at radius 1 is 1.08 bits per heavy atom. The number of rotatable bonds is 1. The van der Waals surface area contributed by atoms with E-state index in [0.717, 1.165) is 49.7 Å². The number of halogens is 1. The molecule has 270 valence electrons. The van der Waals surface area contributed by atoms with Gasteiger partial charge in [-0.2, -0.15) is 0 Å². The third kappa shape index (κ3) is 3.61. The molecule has 1 aromatic heterocycles. The Hall–Kier alpha value is -2.88. The molecule has 9 heterocycles. The van der Waals surface area contributed by atoms with E-state index in [-0.39, 0.29) is 41.7 Å². The van der Waals surface area contributed by atoms with Gasteiger partial charge in [0.25, 0.3) is 0 Å². The molecule has 11 rings (SSSR count). The number of piperidine rings is 4. The summed E-state index contributed by atoms with van der Waals surface area (Å²) in [5, 5.41) is 1.42. The van der Waals surface area contributed by atoms with Gasteiger partial charge in [-0.15, -0.1) is 0 Å². The summed E-state index contributed by atoms with van der Waals surface area (Å²) in [5.74, 6) is 0.367. The van der Waals surface area contributed by atoms with Gasteiger partial charge in [0.15, 0.2) is 5.79 Å². The number of hydrogen-bond donors (Lipinski definition) is 0. The average Bonchev–Trinajstić information content (AvgIpc) is 3.53. The maximum atomic E-state index is 14.1. The van der Waals surface area contributed by atoms with Crippen molar-refractivity contribution in [2.45, 2.75) is 87.0 Å². The number of likely N-dealkylation sites (N-methyl/N-ethyl adjacent to an activating group) is 2. The summed E-state index contributed by atoms with van der Waals surface area (Å²) in [6.07, 6.45) is 7.45. The fourth-order valence-corrected chi connectivity index (χ4v) is 14.1. The Balaban J connectivity index is 0.00000327. The van der Waals surface area contributed by atoms with Gasteiger partial charge < -0.3 is 40.6 Å². The first-order chi connectivity index (χ1) is 24.1. The SMILES string of the molecule is C/C=C1/C[N+]2(C)CC[C@@]34C[C@H]5[C@@H]6C[C@H]7c8c(c9ccccc9n8C)C[C@@H]([C@@H]6CO[C@@]5(C)O[C@@]35[C@@H]2C[C@@H]1[C@@H](C(=O)OC)N5c1ccccc14)N7C.[Cl-]. The van der Waals surface area contributed by atoms with Crippen LogP contribution in [0.15, 0.2) is 60.2 Å². The van der Waals surface area contributed by atoms with Crippen molar-refractivity contribution in [1.82, 2.24) is 9.47 Å². The van der Waals surface area contributed by atoms with E-state index < -0.39 is 17.6 Å². The van der Waals surface area contributed by atoms with Gasteiger partial charge in [-0.1, -0.05) is 42.5 Å². The molecule has 0 amide bonds. The highest BCUT2D eigenvalue weighted by Gasteiger charge is 2.83. The highest BCUT2D eigenvalue weighted by molar-refractivity contribution is 5.87. The van der Waals surface area contributed by atoms with Crippen LogP contribution in [0.1, 0.15) is 62.4 Å². The van der Waals surface area contributed by atoms with Crippen molar-refractivity contribution in [3.63, 3.8) is 0 Å². The Kier molecular flexibility index (Phi) is 6.68. The van der Waals surface area contributed by atoms with Crippen molar-refractivity contribution in [2.75, 3.05) is 45.8 Å². The minimum atomic E-state index is -0.756. The Morgan fingerprint density at radius 2 is 1.86 bits per heavy atom. The lowest BCUT2D eigenvalue weighted by molar-refractivity contribution is -0.951. The van der Waals surface area contributed by atoms with Gasteiger partial charge in [0.2, 0.25) is 5.72 Å². The molecule has 1 unspecified atom stereocenters. The second kappa shape index (κ2) is 10.4. The van der Waals surface area contributed by atoms with E-state index in [1.54, 1.807) is 12.7 Å². The van der Waals surface area contributed by atoms with Crippen LogP contribution in [0, 0.1) is 23.7 Å². The Labute approximate surface area is 307 Å². The van der Waals surface area contributed by atoms with E-state index in [9.17, 15) is 4.79 Å². The summed E-state index contributed by atoms with van der Waals surface area (Å²) < 4.78 is 24.4. The molecule has 6 fully saturated rings. The van der Waals surface area contributed by atoms with Crippen molar-refractivity contribution < 1.29 is 35.9 Å². The molecule has 9 heteroatoms. The van der Waals surface area contributed by atoms with E-state index in [4.69, 9.17) is 14.2 Å². The Bertz CT molecular complexity index is 2030. The number of anilines is 1. The standard InChI is InChI=1S/C42H51N4O4.ClH/c1-7-24-22-46(5)17-16-41-21-31-27-18-35-37-28(25-12-8-10-14-32(25)44(37)4)19-34(43(35)3)29(27)23-49-40(31,2)50-42(41)36(46)20-26(24)38(39(47)48-6)45(42)33-15-11-9-13-30(33)41;/h7-15,26-27,29,31,34-36,38H,16-23H2,1-6H3;1H/q+1;/p-1/b24-7-;/t26-,27+,29+,31-,34-,35-,36-,38-,40-,41-,42-,46?;/m0./s1. The van der Waals surface area contributed by atoms with E-state index in [1.165, 1.54) is 33.4 Å². The second-order valence-corrected chi connectivity index (χ2v) is 17.7. The molecule has 0 saturated carbocycles. The zero-order chi connectivity index (χ0) is 34.1. The molecule has 51 heavy (non-hydrogen) atoms. The number of carbonyl (C=O) groups excluding carboxylic acids is 1. The topological polar surface area (TPSA) is 56.2 Å². The van der Waals surface area contributed by atoms with Gasteiger partial charge >= 0.3 is 5.97 Å². The molecular weight excluding hydrogens is 660 g/mol. The van der Waals surface area contributed by atoms with Crippen molar-refractivity contribution in [3.05, 3.63) is 77.0 Å². The van der Waals surface area contributed by atoms with Crippen LogP contribution in [0.3, 0.4) is 0 Å². The van der Waals surface area contributed by atoms with Gasteiger partial charge in [-0.3, -0.25) is 4.90 Å². The van der Waals surface area contributed by atoms with Crippen molar-refractivity contribution in [2.24, 2.45) is 30.7 Å². The smallest absolute Gasteiger partial charge is 0.329 e. The van der Waals surface area contributed by atoms with E-state index in [2.05, 4.69) is 104 Å². The molecule has 8 nitrogen and oxygen atoms in total. The third-order valence-electron chi connectivity index (χ3n) is 16.2. The summed E-state index contributed by atoms with van der Waals surface area (Å²) >= 11 is 0.